The molecule has 0 unspecified atom stereocenters. The van der Waals surface area contributed by atoms with Crippen molar-refractivity contribution in [3.05, 3.63) is 36.2 Å². The maximum absolute atomic E-state index is 12.7. The summed E-state index contributed by atoms with van der Waals surface area (Å²) >= 11 is 0. The van der Waals surface area contributed by atoms with Gasteiger partial charge in [-0.1, -0.05) is 31.5 Å². The van der Waals surface area contributed by atoms with E-state index in [0.717, 1.165) is 12.8 Å². The standard InChI is InChI=1S/C16H20N6O2/c1-3-4-10-21-14(17-18-19-21)11-20-15(23)12(2)22(16(20)24)13-8-6-5-7-9-13/h5-9,12H,3-4,10-11H2,1-2H3/t12-/m1/s1. The molecule has 3 rings (SSSR count). The highest BCUT2D eigenvalue weighted by molar-refractivity contribution is 6.13. The summed E-state index contributed by atoms with van der Waals surface area (Å²) in [5.74, 6) is 0.279. The van der Waals surface area contributed by atoms with Crippen molar-refractivity contribution in [2.45, 2.75) is 45.8 Å². The Morgan fingerprint density at radius 3 is 2.62 bits per heavy atom. The number of carbonyl (C=O) groups excluding carboxylic acids is 2. The van der Waals surface area contributed by atoms with Gasteiger partial charge >= 0.3 is 6.03 Å². The first kappa shape index (κ1) is 16.1. The van der Waals surface area contributed by atoms with Gasteiger partial charge in [0.15, 0.2) is 5.82 Å². The fraction of sp³-hybridized carbons (Fsp3) is 0.438. The zero-order valence-corrected chi connectivity index (χ0v) is 13.8. The zero-order valence-electron chi connectivity index (χ0n) is 13.8. The number of nitrogens with zero attached hydrogens (tertiary/aromatic N) is 6. The molecular formula is C16H20N6O2. The van der Waals surface area contributed by atoms with E-state index in [4.69, 9.17) is 0 Å². The number of aryl methyl sites for hydroxylation is 1. The molecule has 126 valence electrons. The van der Waals surface area contributed by atoms with E-state index in [1.54, 1.807) is 11.6 Å². The molecule has 8 nitrogen and oxygen atoms in total. The van der Waals surface area contributed by atoms with Gasteiger partial charge in [-0.15, -0.1) is 5.10 Å². The molecule has 24 heavy (non-hydrogen) atoms. The van der Waals surface area contributed by atoms with Crippen LogP contribution in [0.5, 0.6) is 0 Å². The van der Waals surface area contributed by atoms with Gasteiger partial charge in [0.25, 0.3) is 5.91 Å². The largest absolute Gasteiger partial charge is 0.332 e. The lowest BCUT2D eigenvalue weighted by atomic mass is 10.2. The Kier molecular flexibility index (Phi) is 4.54. The third-order valence-corrected chi connectivity index (χ3v) is 4.11. The summed E-state index contributed by atoms with van der Waals surface area (Å²) in [6.07, 6.45) is 1.95. The van der Waals surface area contributed by atoms with Crippen molar-refractivity contribution in [1.82, 2.24) is 25.1 Å². The van der Waals surface area contributed by atoms with E-state index >= 15 is 0 Å². The number of rotatable bonds is 6. The topological polar surface area (TPSA) is 84.2 Å². The Morgan fingerprint density at radius 1 is 1.17 bits per heavy atom. The van der Waals surface area contributed by atoms with Crippen LogP contribution in [-0.4, -0.2) is 43.1 Å². The first-order valence-electron chi connectivity index (χ1n) is 8.08. The summed E-state index contributed by atoms with van der Waals surface area (Å²) in [5.41, 5.74) is 0.705. The van der Waals surface area contributed by atoms with Crippen LogP contribution in [-0.2, 0) is 17.9 Å². The van der Waals surface area contributed by atoms with Gasteiger partial charge in [0.1, 0.15) is 6.04 Å². The van der Waals surface area contributed by atoms with Crippen LogP contribution in [0.3, 0.4) is 0 Å². The Labute approximate surface area is 140 Å². The smallest absolute Gasteiger partial charge is 0.282 e. The van der Waals surface area contributed by atoms with E-state index in [1.807, 2.05) is 30.3 Å². The molecule has 0 spiro atoms. The second-order valence-electron chi connectivity index (χ2n) is 5.76. The van der Waals surface area contributed by atoms with Crippen LogP contribution >= 0.6 is 0 Å². The number of benzene rings is 1. The number of unbranched alkanes of at least 4 members (excludes halogenated alkanes) is 1. The molecule has 1 aromatic heterocycles. The molecule has 2 aromatic rings. The number of aromatic nitrogens is 4. The van der Waals surface area contributed by atoms with Crippen LogP contribution in [0.1, 0.15) is 32.5 Å². The monoisotopic (exact) mass is 328 g/mol. The zero-order chi connectivity index (χ0) is 17.1. The van der Waals surface area contributed by atoms with Crippen LogP contribution in [0.2, 0.25) is 0 Å². The van der Waals surface area contributed by atoms with Crippen molar-refractivity contribution in [2.24, 2.45) is 0 Å². The Balaban J connectivity index is 1.81. The van der Waals surface area contributed by atoms with Crippen molar-refractivity contribution >= 4 is 17.6 Å². The number of anilines is 1. The second-order valence-corrected chi connectivity index (χ2v) is 5.76. The molecule has 0 bridgehead atoms. The van der Waals surface area contributed by atoms with Gasteiger partial charge in [-0.25, -0.2) is 9.48 Å². The highest BCUT2D eigenvalue weighted by atomic mass is 16.2. The SMILES string of the molecule is CCCCn1nnnc1CN1C(=O)[C@@H](C)N(c2ccccc2)C1=O. The molecule has 2 heterocycles. The molecule has 1 aromatic carbocycles. The number of urea groups is 1. The molecule has 0 N–H and O–H groups in total. The van der Waals surface area contributed by atoms with Crippen LogP contribution in [0.25, 0.3) is 0 Å². The first-order chi connectivity index (χ1) is 11.6. The molecule has 1 aliphatic heterocycles. The fourth-order valence-corrected chi connectivity index (χ4v) is 2.75. The number of hydrogen-bond donors (Lipinski definition) is 0. The van der Waals surface area contributed by atoms with Crippen LogP contribution in [0, 0.1) is 0 Å². The maximum atomic E-state index is 12.7. The van der Waals surface area contributed by atoms with Crippen molar-refractivity contribution in [1.29, 1.82) is 0 Å². The normalized spacial score (nSPS) is 17.8. The minimum absolute atomic E-state index is 0.0854. The van der Waals surface area contributed by atoms with Crippen LogP contribution in [0.4, 0.5) is 10.5 Å². The van der Waals surface area contributed by atoms with Crippen molar-refractivity contribution in [2.75, 3.05) is 4.90 Å². The lowest BCUT2D eigenvalue weighted by molar-refractivity contribution is -0.127. The molecule has 1 saturated heterocycles. The highest BCUT2D eigenvalue weighted by Gasteiger charge is 2.43. The Hall–Kier alpha value is -2.77. The number of imide groups is 1. The van der Waals surface area contributed by atoms with Gasteiger partial charge in [0, 0.05) is 12.2 Å². The molecule has 0 saturated carbocycles. The van der Waals surface area contributed by atoms with Gasteiger partial charge < -0.3 is 0 Å². The molecule has 8 heteroatoms. The van der Waals surface area contributed by atoms with Gasteiger partial charge in [-0.2, -0.15) is 0 Å². The summed E-state index contributed by atoms with van der Waals surface area (Å²) in [4.78, 5) is 28.0. The quantitative estimate of drug-likeness (QED) is 0.755. The third kappa shape index (κ3) is 2.86. The second kappa shape index (κ2) is 6.77. The van der Waals surface area contributed by atoms with E-state index in [1.165, 1.54) is 9.80 Å². The van der Waals surface area contributed by atoms with Crippen LogP contribution in [0.15, 0.2) is 30.3 Å². The van der Waals surface area contributed by atoms with Gasteiger partial charge in [-0.05, 0) is 35.9 Å². The summed E-state index contributed by atoms with van der Waals surface area (Å²) in [7, 11) is 0. The van der Waals surface area contributed by atoms with Crippen molar-refractivity contribution < 1.29 is 9.59 Å². The number of amides is 3. The van der Waals surface area contributed by atoms with Gasteiger partial charge in [-0.3, -0.25) is 14.6 Å². The maximum Gasteiger partial charge on any atom is 0.332 e. The molecule has 3 amide bonds. The summed E-state index contributed by atoms with van der Waals surface area (Å²) in [6.45, 7) is 4.57. The summed E-state index contributed by atoms with van der Waals surface area (Å²) in [5, 5.41) is 11.6. The van der Waals surface area contributed by atoms with E-state index in [0.29, 0.717) is 18.1 Å². The highest BCUT2D eigenvalue weighted by Crippen LogP contribution is 2.26. The van der Waals surface area contributed by atoms with Gasteiger partial charge in [0.2, 0.25) is 0 Å². The van der Waals surface area contributed by atoms with E-state index < -0.39 is 6.04 Å². The van der Waals surface area contributed by atoms with Crippen molar-refractivity contribution in [3.63, 3.8) is 0 Å². The lowest BCUT2D eigenvalue weighted by Gasteiger charge is -2.19. The minimum Gasteiger partial charge on any atom is -0.282 e. The number of hydrogen-bond acceptors (Lipinski definition) is 5. The van der Waals surface area contributed by atoms with Crippen LogP contribution < -0.4 is 4.90 Å². The predicted molar refractivity (Wildman–Crippen MR) is 87.1 cm³/mol. The average Bonchev–Trinajstić information content (AvgIpc) is 3.12. The van der Waals surface area contributed by atoms with E-state index in [-0.39, 0.29) is 18.5 Å². The summed E-state index contributed by atoms with van der Waals surface area (Å²) in [6, 6.07) is 8.30. The molecule has 1 fully saturated rings. The fourth-order valence-electron chi connectivity index (χ4n) is 2.75. The molecule has 1 atom stereocenters. The lowest BCUT2D eigenvalue weighted by Crippen LogP contribution is -2.34. The third-order valence-electron chi connectivity index (χ3n) is 4.11. The molecule has 0 aliphatic carbocycles. The predicted octanol–water partition coefficient (Wildman–Crippen LogP) is 1.83. The van der Waals surface area contributed by atoms with E-state index in [2.05, 4.69) is 22.4 Å². The average molecular weight is 328 g/mol. The number of tetrazole rings is 1. The molecular weight excluding hydrogens is 308 g/mol. The first-order valence-corrected chi connectivity index (χ1v) is 8.08. The Bertz CT molecular complexity index is 729. The molecule has 0 radical (unpaired) electrons. The number of carbonyl (C=O) groups is 2. The van der Waals surface area contributed by atoms with Crippen molar-refractivity contribution in [3.8, 4) is 0 Å². The minimum atomic E-state index is -0.542. The molecule has 1 aliphatic rings. The van der Waals surface area contributed by atoms with E-state index in [9.17, 15) is 9.59 Å². The summed E-state index contributed by atoms with van der Waals surface area (Å²) < 4.78 is 1.65. The Morgan fingerprint density at radius 2 is 1.92 bits per heavy atom. The van der Waals surface area contributed by atoms with Gasteiger partial charge in [0.05, 0.1) is 6.54 Å². The number of para-hydroxylation sites is 1.